The first kappa shape index (κ1) is 13.4. The van der Waals surface area contributed by atoms with Gasteiger partial charge >= 0.3 is 6.03 Å². The Hall–Kier alpha value is -2.04. The average Bonchev–Trinajstić information content (AvgIpc) is 2.88. The van der Waals surface area contributed by atoms with Crippen LogP contribution in [0.15, 0.2) is 28.7 Å². The molecule has 1 aliphatic rings. The molecule has 5 heteroatoms. The second-order valence-electron chi connectivity index (χ2n) is 4.96. The van der Waals surface area contributed by atoms with Crippen LogP contribution in [-0.2, 0) is 10.3 Å². The van der Waals surface area contributed by atoms with Crippen LogP contribution in [-0.4, -0.2) is 23.4 Å². The fraction of sp³-hybridized carbons (Fsp3) is 0.429. The SMILES string of the molecule is C=C(CC)CN1C(=O)NC(C)(c2ccc(C)o2)C1=O. The molecular formula is C14H18N2O3. The van der Waals surface area contributed by atoms with Gasteiger partial charge in [-0.1, -0.05) is 19.1 Å². The number of rotatable bonds is 4. The van der Waals surface area contributed by atoms with Gasteiger partial charge in [-0.3, -0.25) is 9.69 Å². The lowest BCUT2D eigenvalue weighted by atomic mass is 9.99. The Morgan fingerprint density at radius 1 is 1.47 bits per heavy atom. The van der Waals surface area contributed by atoms with Crippen LogP contribution in [0.4, 0.5) is 4.79 Å². The van der Waals surface area contributed by atoms with E-state index in [4.69, 9.17) is 4.42 Å². The van der Waals surface area contributed by atoms with Crippen molar-refractivity contribution in [2.75, 3.05) is 6.54 Å². The van der Waals surface area contributed by atoms with Crippen molar-refractivity contribution in [3.05, 3.63) is 35.8 Å². The van der Waals surface area contributed by atoms with Gasteiger partial charge in [0.1, 0.15) is 11.5 Å². The number of furan rings is 1. The molecule has 1 saturated heterocycles. The molecule has 1 atom stereocenters. The second-order valence-corrected chi connectivity index (χ2v) is 4.96. The Labute approximate surface area is 112 Å². The molecule has 2 heterocycles. The quantitative estimate of drug-likeness (QED) is 0.669. The van der Waals surface area contributed by atoms with Crippen LogP contribution in [0.1, 0.15) is 31.8 Å². The van der Waals surface area contributed by atoms with Crippen LogP contribution in [0.5, 0.6) is 0 Å². The number of hydrogen-bond donors (Lipinski definition) is 1. The van der Waals surface area contributed by atoms with E-state index in [1.54, 1.807) is 26.0 Å². The normalized spacial score (nSPS) is 22.8. The minimum absolute atomic E-state index is 0.246. The monoisotopic (exact) mass is 262 g/mol. The lowest BCUT2D eigenvalue weighted by Crippen LogP contribution is -2.40. The first-order valence-corrected chi connectivity index (χ1v) is 6.26. The van der Waals surface area contributed by atoms with Crippen LogP contribution in [0.25, 0.3) is 0 Å². The van der Waals surface area contributed by atoms with Crippen LogP contribution in [0.3, 0.4) is 0 Å². The van der Waals surface area contributed by atoms with Crippen molar-refractivity contribution in [1.82, 2.24) is 10.2 Å². The van der Waals surface area contributed by atoms with Gasteiger partial charge in [0.25, 0.3) is 5.91 Å². The smallest absolute Gasteiger partial charge is 0.325 e. The molecule has 0 spiro atoms. The first-order valence-electron chi connectivity index (χ1n) is 6.26. The molecule has 102 valence electrons. The highest BCUT2D eigenvalue weighted by atomic mass is 16.3. The van der Waals surface area contributed by atoms with E-state index in [2.05, 4.69) is 11.9 Å². The van der Waals surface area contributed by atoms with Gasteiger partial charge in [0, 0.05) is 0 Å². The Balaban J connectivity index is 2.28. The number of urea groups is 1. The van der Waals surface area contributed by atoms with E-state index >= 15 is 0 Å². The Morgan fingerprint density at radius 3 is 2.68 bits per heavy atom. The van der Waals surface area contributed by atoms with Crippen molar-refractivity contribution < 1.29 is 14.0 Å². The van der Waals surface area contributed by atoms with E-state index in [-0.39, 0.29) is 12.5 Å². The molecular weight excluding hydrogens is 244 g/mol. The zero-order valence-corrected chi connectivity index (χ0v) is 11.4. The minimum Gasteiger partial charge on any atom is -0.463 e. The Bertz CT molecular complexity index is 547. The summed E-state index contributed by atoms with van der Waals surface area (Å²) in [6, 6.07) is 3.08. The van der Waals surface area contributed by atoms with Crippen molar-refractivity contribution in [2.24, 2.45) is 0 Å². The molecule has 2 rings (SSSR count). The largest absolute Gasteiger partial charge is 0.463 e. The predicted octanol–water partition coefficient (Wildman–Crippen LogP) is 2.32. The van der Waals surface area contributed by atoms with Crippen molar-refractivity contribution in [1.29, 1.82) is 0 Å². The van der Waals surface area contributed by atoms with Gasteiger partial charge in [-0.05, 0) is 32.4 Å². The molecule has 1 N–H and O–H groups in total. The second kappa shape index (κ2) is 4.57. The molecule has 1 aliphatic heterocycles. The standard InChI is InChI=1S/C14H18N2O3/c1-5-9(2)8-16-12(17)14(4,15-13(16)18)11-7-6-10(3)19-11/h6-7H,2,5,8H2,1,3-4H3,(H,15,18). The lowest BCUT2D eigenvalue weighted by Gasteiger charge is -2.19. The number of amides is 3. The molecule has 0 aliphatic carbocycles. The third-order valence-electron chi connectivity index (χ3n) is 3.39. The molecule has 0 aromatic carbocycles. The topological polar surface area (TPSA) is 62.6 Å². The third kappa shape index (κ3) is 2.16. The van der Waals surface area contributed by atoms with Gasteiger partial charge in [-0.15, -0.1) is 0 Å². The molecule has 1 aromatic rings. The third-order valence-corrected chi connectivity index (χ3v) is 3.39. The first-order chi connectivity index (χ1) is 8.88. The van der Waals surface area contributed by atoms with Gasteiger partial charge < -0.3 is 9.73 Å². The fourth-order valence-electron chi connectivity index (χ4n) is 2.05. The zero-order valence-electron chi connectivity index (χ0n) is 11.4. The molecule has 5 nitrogen and oxygen atoms in total. The summed E-state index contributed by atoms with van der Waals surface area (Å²) in [4.78, 5) is 25.6. The van der Waals surface area contributed by atoms with E-state index in [9.17, 15) is 9.59 Å². The molecule has 1 aromatic heterocycles. The van der Waals surface area contributed by atoms with E-state index in [1.807, 2.05) is 6.92 Å². The highest BCUT2D eigenvalue weighted by molar-refractivity contribution is 6.07. The van der Waals surface area contributed by atoms with Gasteiger partial charge in [0.15, 0.2) is 5.54 Å². The van der Waals surface area contributed by atoms with E-state index in [0.717, 1.165) is 12.0 Å². The maximum absolute atomic E-state index is 12.4. The molecule has 0 radical (unpaired) electrons. The highest BCUT2D eigenvalue weighted by Crippen LogP contribution is 2.30. The number of aryl methyl sites for hydroxylation is 1. The van der Waals surface area contributed by atoms with Crippen LogP contribution in [0.2, 0.25) is 0 Å². The summed E-state index contributed by atoms with van der Waals surface area (Å²) in [5.74, 6) is 0.851. The summed E-state index contributed by atoms with van der Waals surface area (Å²) < 4.78 is 5.48. The average molecular weight is 262 g/mol. The maximum Gasteiger partial charge on any atom is 0.325 e. The summed E-state index contributed by atoms with van der Waals surface area (Å²) in [6.07, 6.45) is 0.730. The summed E-state index contributed by atoms with van der Waals surface area (Å²) >= 11 is 0. The summed E-state index contributed by atoms with van der Waals surface area (Å²) in [5.41, 5.74) is -0.289. The number of nitrogens with one attached hydrogen (secondary N) is 1. The van der Waals surface area contributed by atoms with Gasteiger partial charge in [-0.25, -0.2) is 4.79 Å². The number of hydrogen-bond acceptors (Lipinski definition) is 3. The Morgan fingerprint density at radius 2 is 2.16 bits per heavy atom. The molecule has 0 saturated carbocycles. The molecule has 0 bridgehead atoms. The van der Waals surface area contributed by atoms with Crippen LogP contribution >= 0.6 is 0 Å². The number of nitrogens with zero attached hydrogens (tertiary/aromatic N) is 1. The van der Waals surface area contributed by atoms with Gasteiger partial charge in [-0.2, -0.15) is 0 Å². The van der Waals surface area contributed by atoms with Crippen molar-refractivity contribution >= 4 is 11.9 Å². The molecule has 1 unspecified atom stereocenters. The van der Waals surface area contributed by atoms with Crippen molar-refractivity contribution in [3.8, 4) is 0 Å². The maximum atomic E-state index is 12.4. The van der Waals surface area contributed by atoms with Gasteiger partial charge in [0.05, 0.1) is 6.54 Å². The number of carbonyl (C=O) groups is 2. The summed E-state index contributed by atoms with van der Waals surface area (Å²) in [6.45, 7) is 9.47. The molecule has 3 amide bonds. The number of imide groups is 1. The summed E-state index contributed by atoms with van der Waals surface area (Å²) in [5, 5.41) is 2.69. The zero-order chi connectivity index (χ0) is 14.2. The Kier molecular flexibility index (Phi) is 3.22. The van der Waals surface area contributed by atoms with Crippen LogP contribution in [0, 0.1) is 6.92 Å². The van der Waals surface area contributed by atoms with Crippen molar-refractivity contribution in [2.45, 2.75) is 32.7 Å². The fourth-order valence-corrected chi connectivity index (χ4v) is 2.05. The van der Waals surface area contributed by atoms with E-state index in [0.29, 0.717) is 11.5 Å². The van der Waals surface area contributed by atoms with Gasteiger partial charge in [0.2, 0.25) is 0 Å². The van der Waals surface area contributed by atoms with Crippen molar-refractivity contribution in [3.63, 3.8) is 0 Å². The van der Waals surface area contributed by atoms with E-state index in [1.165, 1.54) is 4.90 Å². The molecule has 19 heavy (non-hydrogen) atoms. The number of carbonyl (C=O) groups excluding carboxylic acids is 2. The van der Waals surface area contributed by atoms with E-state index < -0.39 is 11.6 Å². The predicted molar refractivity (Wildman–Crippen MR) is 70.5 cm³/mol. The summed E-state index contributed by atoms with van der Waals surface area (Å²) in [7, 11) is 0. The molecule has 1 fully saturated rings. The lowest BCUT2D eigenvalue weighted by molar-refractivity contribution is -0.131. The van der Waals surface area contributed by atoms with Crippen LogP contribution < -0.4 is 5.32 Å². The highest BCUT2D eigenvalue weighted by Gasteiger charge is 2.50. The minimum atomic E-state index is -1.13.